The molecular weight excluding hydrogens is 849 g/mol. The number of rotatable bonds is 16. The van der Waals surface area contributed by atoms with Gasteiger partial charge in [-0.1, -0.05) is 6.07 Å². The molecule has 0 spiro atoms. The number of benzene rings is 5. The molecule has 1 saturated carbocycles. The molecule has 1 aliphatic rings. The number of carbonyl (C=O) groups is 5. The number of carbonyl (C=O) groups excluding carboxylic acids is 5. The van der Waals surface area contributed by atoms with Crippen LogP contribution in [0, 0.1) is 11.8 Å². The van der Waals surface area contributed by atoms with Gasteiger partial charge in [-0.2, -0.15) is 0 Å². The summed E-state index contributed by atoms with van der Waals surface area (Å²) in [6.07, 6.45) is 4.82. The van der Waals surface area contributed by atoms with Crippen molar-refractivity contribution in [1.29, 1.82) is 0 Å². The van der Waals surface area contributed by atoms with Gasteiger partial charge in [0.05, 0.1) is 30.9 Å². The minimum atomic E-state index is -0.410. The summed E-state index contributed by atoms with van der Waals surface area (Å²) in [4.78, 5) is 79.9. The lowest BCUT2D eigenvalue weighted by molar-refractivity contribution is -0.145. The number of methoxy groups -OCH3 is 2. The summed E-state index contributed by atoms with van der Waals surface area (Å²) < 4.78 is 22.0. The van der Waals surface area contributed by atoms with Crippen LogP contribution in [0.15, 0.2) is 139 Å². The maximum Gasteiger partial charge on any atom is 0.314 e. The van der Waals surface area contributed by atoms with Gasteiger partial charge in [0.2, 0.25) is 0 Å². The van der Waals surface area contributed by atoms with E-state index in [-0.39, 0.29) is 17.6 Å². The maximum atomic E-state index is 13.4. The predicted octanol–water partition coefficient (Wildman–Crippen LogP) is 9.90. The minimum Gasteiger partial charge on any atom is -0.497 e. The molecule has 1 heterocycles. The fourth-order valence-corrected chi connectivity index (χ4v) is 7.71. The van der Waals surface area contributed by atoms with E-state index in [9.17, 15) is 24.0 Å². The van der Waals surface area contributed by atoms with E-state index in [2.05, 4.69) is 0 Å². The third-order valence-corrected chi connectivity index (χ3v) is 11.8. The molecule has 1 aliphatic carbocycles. The van der Waals surface area contributed by atoms with Crippen molar-refractivity contribution in [2.24, 2.45) is 11.8 Å². The fraction of sp³-hybridized carbons (Fsp3) is 0.196. The van der Waals surface area contributed by atoms with E-state index in [1.54, 1.807) is 160 Å². The second-order valence-electron chi connectivity index (χ2n) is 15.1. The smallest absolute Gasteiger partial charge is 0.314 e. The molecule has 0 N–H and O–H groups in total. The first-order valence-corrected chi connectivity index (χ1v) is 21.6. The van der Waals surface area contributed by atoms with Crippen LogP contribution in [-0.4, -0.2) is 57.9 Å². The quantitative estimate of drug-likeness (QED) is 0.0228. The Morgan fingerprint density at radius 1 is 0.554 bits per heavy atom. The summed E-state index contributed by atoms with van der Waals surface area (Å²) in [6.45, 7) is 0. The van der Waals surface area contributed by atoms with Crippen molar-refractivity contribution >= 4 is 58.3 Å². The third kappa shape index (κ3) is 11.5. The molecule has 0 unspecified atom stereocenters. The summed E-state index contributed by atoms with van der Waals surface area (Å²) in [6, 6.07) is 35.4. The van der Waals surface area contributed by atoms with Crippen molar-refractivity contribution in [3.8, 4) is 34.5 Å². The van der Waals surface area contributed by atoms with Crippen LogP contribution in [-0.2, 0) is 9.59 Å². The molecule has 0 radical (unpaired) electrons. The molecule has 7 rings (SSSR count). The number of ketones is 1. The second-order valence-corrected chi connectivity index (χ2v) is 16.1. The molecule has 6 aromatic rings. The Labute approximate surface area is 380 Å². The van der Waals surface area contributed by atoms with Gasteiger partial charge in [-0.25, -0.2) is 0 Å². The van der Waals surface area contributed by atoms with Crippen molar-refractivity contribution in [2.75, 3.05) is 38.1 Å². The van der Waals surface area contributed by atoms with Crippen LogP contribution in [0.4, 0.5) is 11.4 Å². The van der Waals surface area contributed by atoms with Crippen molar-refractivity contribution in [3.63, 3.8) is 0 Å². The molecule has 14 heteroatoms. The van der Waals surface area contributed by atoms with Crippen LogP contribution >= 0.6 is 11.3 Å². The highest BCUT2D eigenvalue weighted by atomic mass is 32.1. The maximum absolute atomic E-state index is 13.4. The normalized spacial score (nSPS) is 14.5. The molecule has 65 heavy (non-hydrogen) atoms. The zero-order chi connectivity index (χ0) is 45.9. The molecule has 332 valence electrons. The fourth-order valence-electron chi connectivity index (χ4n) is 7.07. The molecule has 0 saturated heterocycles. The van der Waals surface area contributed by atoms with Crippen LogP contribution in [0.2, 0.25) is 0 Å². The topological polar surface area (TPSA) is 147 Å². The number of amides is 2. The number of hydrogen-bond donors (Lipinski definition) is 0. The van der Waals surface area contributed by atoms with Gasteiger partial charge in [0.15, 0.2) is 17.3 Å². The van der Waals surface area contributed by atoms with Gasteiger partial charge >= 0.3 is 11.9 Å². The van der Waals surface area contributed by atoms with Gasteiger partial charge in [-0.3, -0.25) is 33.7 Å². The molecule has 0 atom stereocenters. The Hall–Kier alpha value is -7.71. The zero-order valence-corrected chi connectivity index (χ0v) is 36.9. The lowest BCUT2D eigenvalue weighted by Crippen LogP contribution is -2.30. The lowest BCUT2D eigenvalue weighted by Gasteiger charge is -2.26. The molecule has 0 bridgehead atoms. The van der Waals surface area contributed by atoms with E-state index in [0.717, 1.165) is 5.69 Å². The van der Waals surface area contributed by atoms with Crippen molar-refractivity contribution in [1.82, 2.24) is 0 Å². The number of allylic oxidation sites excluding steroid dienone is 1. The number of ether oxygens (including phenoxy) is 4. The predicted molar refractivity (Wildman–Crippen MR) is 246 cm³/mol. The first kappa shape index (κ1) is 45.3. The van der Waals surface area contributed by atoms with Gasteiger partial charge in [-0.05, 0) is 165 Å². The van der Waals surface area contributed by atoms with Crippen molar-refractivity contribution in [2.45, 2.75) is 25.7 Å². The van der Waals surface area contributed by atoms with Gasteiger partial charge in [-0.15, -0.1) is 11.3 Å². The van der Waals surface area contributed by atoms with Crippen LogP contribution in [0.1, 0.15) is 61.6 Å². The molecular formula is C51H46N2O11S. The van der Waals surface area contributed by atoms with Crippen molar-refractivity contribution < 1.29 is 52.7 Å². The standard InChI is InChI=1S/C51H46N2O11S/c1-52(38-16-24-40(59-3)25-17-38)49(56)34-13-22-42(23-14-34)63-64-43-26-18-39(19-27-43)53(2)48(55)33-11-20-41(21-12-33)61-50(57)35-7-9-36(10-8-35)51(58)62-46-30-28-44(60-4)32-37(46)15-29-45(54)47-6-5-31-65-47/h5-6,11-32,35-36H,7-10H2,1-4H3/b29-15+. The first-order chi connectivity index (χ1) is 31.5. The summed E-state index contributed by atoms with van der Waals surface area (Å²) in [5.41, 5.74) is 2.70. The van der Waals surface area contributed by atoms with Crippen molar-refractivity contribution in [3.05, 3.63) is 160 Å². The highest BCUT2D eigenvalue weighted by molar-refractivity contribution is 7.12. The Morgan fingerprint density at radius 3 is 1.51 bits per heavy atom. The lowest BCUT2D eigenvalue weighted by atomic mass is 9.82. The average molecular weight is 895 g/mol. The molecule has 13 nitrogen and oxygen atoms in total. The average Bonchev–Trinajstić information content (AvgIpc) is 3.91. The van der Waals surface area contributed by atoms with Crippen LogP contribution in [0.3, 0.4) is 0 Å². The van der Waals surface area contributed by atoms with Gasteiger partial charge < -0.3 is 28.7 Å². The van der Waals surface area contributed by atoms with E-state index in [0.29, 0.717) is 87.4 Å². The SMILES string of the molecule is COc1ccc(N(C)C(=O)c2ccc(OOc3ccc(N(C)C(=O)c4ccc(OC(=O)C5CCC(C(=O)Oc6ccc(OC)cc6/C=C/C(=O)c6cccs6)CC5)cc4)cc3)cc2)cc1. The Balaban J connectivity index is 0.851. The van der Waals surface area contributed by atoms with Crippen LogP contribution in [0.25, 0.3) is 6.08 Å². The Kier molecular flexibility index (Phi) is 14.7. The Morgan fingerprint density at radius 2 is 1.02 bits per heavy atom. The highest BCUT2D eigenvalue weighted by Gasteiger charge is 2.32. The third-order valence-electron chi connectivity index (χ3n) is 10.9. The van der Waals surface area contributed by atoms with Gasteiger partial charge in [0.25, 0.3) is 11.8 Å². The summed E-state index contributed by atoms with van der Waals surface area (Å²) >= 11 is 1.34. The number of nitrogens with zero attached hydrogens (tertiary/aromatic N) is 2. The minimum absolute atomic E-state index is 0.159. The summed E-state index contributed by atoms with van der Waals surface area (Å²) in [5.74, 6) is 0.381. The largest absolute Gasteiger partial charge is 0.497 e. The molecule has 2 amide bonds. The van der Waals surface area contributed by atoms with E-state index in [1.165, 1.54) is 29.4 Å². The number of anilines is 2. The number of thiophene rings is 1. The molecule has 0 aliphatic heterocycles. The van der Waals surface area contributed by atoms with Gasteiger partial charge in [0.1, 0.15) is 23.0 Å². The monoisotopic (exact) mass is 894 g/mol. The first-order valence-electron chi connectivity index (χ1n) is 20.7. The highest BCUT2D eigenvalue weighted by Crippen LogP contribution is 2.33. The van der Waals surface area contributed by atoms with E-state index >= 15 is 0 Å². The zero-order valence-electron chi connectivity index (χ0n) is 36.1. The molecule has 1 aromatic heterocycles. The Bertz CT molecular complexity index is 2640. The molecule has 1 fully saturated rings. The van der Waals surface area contributed by atoms with E-state index in [1.807, 2.05) is 5.38 Å². The van der Waals surface area contributed by atoms with Crippen LogP contribution in [0.5, 0.6) is 34.5 Å². The van der Waals surface area contributed by atoms with Gasteiger partial charge in [0, 0.05) is 42.2 Å². The molecule has 5 aromatic carbocycles. The summed E-state index contributed by atoms with van der Waals surface area (Å²) in [5, 5.41) is 1.83. The summed E-state index contributed by atoms with van der Waals surface area (Å²) in [7, 11) is 6.46. The second kappa shape index (κ2) is 21.1. The van der Waals surface area contributed by atoms with Crippen LogP contribution < -0.4 is 38.5 Å². The van der Waals surface area contributed by atoms with E-state index in [4.69, 9.17) is 28.7 Å². The number of esters is 2. The van der Waals surface area contributed by atoms with E-state index < -0.39 is 23.8 Å². The number of hydrogen-bond acceptors (Lipinski definition) is 12.